The first-order chi connectivity index (χ1) is 11.1. The van der Waals surface area contributed by atoms with Crippen molar-refractivity contribution in [3.63, 3.8) is 0 Å². The van der Waals surface area contributed by atoms with Gasteiger partial charge < -0.3 is 10.6 Å². The Balaban J connectivity index is 1.78. The first-order valence-electron chi connectivity index (χ1n) is 6.83. The average Bonchev–Trinajstić information content (AvgIpc) is 2.91. The van der Waals surface area contributed by atoms with Crippen molar-refractivity contribution < 1.29 is 9.59 Å². The van der Waals surface area contributed by atoms with Gasteiger partial charge in [0.15, 0.2) is 5.78 Å². The van der Waals surface area contributed by atoms with E-state index in [1.165, 1.54) is 11.8 Å². The summed E-state index contributed by atoms with van der Waals surface area (Å²) in [4.78, 5) is 24.5. The minimum absolute atomic E-state index is 0.0453. The highest BCUT2D eigenvalue weighted by Gasteiger charge is 2.21. The molecule has 1 aliphatic rings. The monoisotopic (exact) mass is 340 g/mol. The fourth-order valence-electron chi connectivity index (χ4n) is 2.08. The predicted octanol–water partition coefficient (Wildman–Crippen LogP) is 3.32. The molecule has 1 amide bonds. The number of thiocarbonyl (C=S) groups is 1. The quantitative estimate of drug-likeness (QED) is 0.508. The van der Waals surface area contributed by atoms with E-state index in [2.05, 4.69) is 10.6 Å². The van der Waals surface area contributed by atoms with Gasteiger partial charge in [-0.1, -0.05) is 66.4 Å². The minimum atomic E-state index is -0.219. The molecule has 2 N–H and O–H groups in total. The largest absolute Gasteiger partial charge is 0.360 e. The lowest BCUT2D eigenvalue weighted by Crippen LogP contribution is -2.18. The van der Waals surface area contributed by atoms with Crippen LogP contribution in [-0.4, -0.2) is 16.0 Å². The fraction of sp³-hybridized carbons (Fsp3) is 0. The molecule has 114 valence electrons. The van der Waals surface area contributed by atoms with Crippen LogP contribution in [0.2, 0.25) is 0 Å². The highest BCUT2D eigenvalue weighted by molar-refractivity contribution is 8.26. The number of carbonyl (C=O) groups excluding carboxylic acids is 2. The maximum atomic E-state index is 12.4. The first-order valence-corrected chi connectivity index (χ1v) is 8.05. The zero-order chi connectivity index (χ0) is 16.2. The van der Waals surface area contributed by atoms with Crippen LogP contribution in [0.4, 0.5) is 5.69 Å². The standard InChI is InChI=1S/C17H12N2O2S2/c20-15(11-5-2-1-3-6-11)12-7-4-8-13(9-12)18-10-14-16(21)19-17(22)23-14/h1-10,18H,(H,19,21,22)/b14-10-. The summed E-state index contributed by atoms with van der Waals surface area (Å²) in [7, 11) is 0. The van der Waals surface area contributed by atoms with E-state index in [1.807, 2.05) is 24.3 Å². The maximum Gasteiger partial charge on any atom is 0.265 e. The second kappa shape index (κ2) is 6.76. The Hall–Kier alpha value is -2.44. The highest BCUT2D eigenvalue weighted by Crippen LogP contribution is 2.23. The van der Waals surface area contributed by atoms with Crippen LogP contribution < -0.4 is 10.6 Å². The SMILES string of the molecule is O=C1NC(=S)S/C1=C\Nc1cccc(C(=O)c2ccccc2)c1. The van der Waals surface area contributed by atoms with Crippen LogP contribution in [0.15, 0.2) is 65.7 Å². The van der Waals surface area contributed by atoms with E-state index < -0.39 is 0 Å². The molecule has 0 unspecified atom stereocenters. The number of thioether (sulfide) groups is 1. The lowest BCUT2D eigenvalue weighted by molar-refractivity contribution is -0.115. The summed E-state index contributed by atoms with van der Waals surface area (Å²) < 4.78 is 0.441. The number of anilines is 1. The van der Waals surface area contributed by atoms with E-state index in [0.717, 1.165) is 5.69 Å². The summed E-state index contributed by atoms with van der Waals surface area (Å²) in [6.45, 7) is 0. The normalized spacial score (nSPS) is 15.6. The van der Waals surface area contributed by atoms with E-state index in [-0.39, 0.29) is 11.7 Å². The first kappa shape index (κ1) is 15.5. The fourth-order valence-corrected chi connectivity index (χ4v) is 3.04. The Morgan fingerprint density at radius 1 is 1.09 bits per heavy atom. The number of carbonyl (C=O) groups is 2. The van der Waals surface area contributed by atoms with Crippen molar-refractivity contribution >= 4 is 45.7 Å². The number of ketones is 1. The molecular formula is C17H12N2O2S2. The van der Waals surface area contributed by atoms with Crippen molar-refractivity contribution in [3.8, 4) is 0 Å². The predicted molar refractivity (Wildman–Crippen MR) is 96.4 cm³/mol. The molecule has 1 saturated heterocycles. The molecule has 2 aromatic rings. The zero-order valence-electron chi connectivity index (χ0n) is 11.9. The third-order valence-corrected chi connectivity index (χ3v) is 4.34. The van der Waals surface area contributed by atoms with Gasteiger partial charge in [0, 0.05) is 23.0 Å². The second-order valence-corrected chi connectivity index (χ2v) is 6.49. The van der Waals surface area contributed by atoms with Gasteiger partial charge in [-0.15, -0.1) is 0 Å². The van der Waals surface area contributed by atoms with Crippen molar-refractivity contribution in [2.45, 2.75) is 0 Å². The van der Waals surface area contributed by atoms with Gasteiger partial charge in [0.25, 0.3) is 5.91 Å². The van der Waals surface area contributed by atoms with Crippen LogP contribution in [0, 0.1) is 0 Å². The smallest absolute Gasteiger partial charge is 0.265 e. The third-order valence-electron chi connectivity index (χ3n) is 3.17. The number of nitrogens with one attached hydrogen (secondary N) is 2. The van der Waals surface area contributed by atoms with E-state index >= 15 is 0 Å². The van der Waals surface area contributed by atoms with E-state index in [4.69, 9.17) is 12.2 Å². The lowest BCUT2D eigenvalue weighted by Gasteiger charge is -2.05. The summed E-state index contributed by atoms with van der Waals surface area (Å²) in [5, 5.41) is 5.58. The molecule has 6 heteroatoms. The van der Waals surface area contributed by atoms with Gasteiger partial charge in [0.2, 0.25) is 0 Å². The molecule has 0 atom stereocenters. The number of hydrogen-bond acceptors (Lipinski definition) is 5. The molecule has 2 aromatic carbocycles. The molecule has 0 spiro atoms. The summed E-state index contributed by atoms with van der Waals surface area (Å²) in [6.07, 6.45) is 1.59. The van der Waals surface area contributed by atoms with Crippen LogP contribution in [0.25, 0.3) is 0 Å². The molecular weight excluding hydrogens is 328 g/mol. The number of benzene rings is 2. The second-order valence-electron chi connectivity index (χ2n) is 4.77. The van der Waals surface area contributed by atoms with Crippen molar-refractivity contribution in [1.82, 2.24) is 5.32 Å². The van der Waals surface area contributed by atoms with Crippen LogP contribution >= 0.6 is 24.0 Å². The highest BCUT2D eigenvalue weighted by atomic mass is 32.2. The van der Waals surface area contributed by atoms with Gasteiger partial charge in [0.1, 0.15) is 4.32 Å². The Kier molecular flexibility index (Phi) is 4.55. The Labute approximate surface area is 143 Å². The maximum absolute atomic E-state index is 12.4. The molecule has 1 fully saturated rings. The Morgan fingerprint density at radius 2 is 1.83 bits per heavy atom. The Morgan fingerprint density at radius 3 is 2.52 bits per heavy atom. The summed E-state index contributed by atoms with van der Waals surface area (Å²) in [5.74, 6) is -0.264. The topological polar surface area (TPSA) is 58.2 Å². The molecule has 0 saturated carbocycles. The molecule has 23 heavy (non-hydrogen) atoms. The van der Waals surface area contributed by atoms with Crippen molar-refractivity contribution in [2.75, 3.05) is 5.32 Å². The Bertz CT molecular complexity index is 816. The van der Waals surface area contributed by atoms with Gasteiger partial charge >= 0.3 is 0 Å². The zero-order valence-corrected chi connectivity index (χ0v) is 13.5. The lowest BCUT2D eigenvalue weighted by atomic mass is 10.0. The molecule has 0 aromatic heterocycles. The number of amides is 1. The molecule has 0 radical (unpaired) electrons. The molecule has 1 heterocycles. The van der Waals surface area contributed by atoms with E-state index in [0.29, 0.717) is 20.4 Å². The molecule has 4 nitrogen and oxygen atoms in total. The van der Waals surface area contributed by atoms with Crippen molar-refractivity contribution in [3.05, 3.63) is 76.8 Å². The molecule has 0 bridgehead atoms. The minimum Gasteiger partial charge on any atom is -0.360 e. The van der Waals surface area contributed by atoms with Crippen LogP contribution in [-0.2, 0) is 4.79 Å². The molecule has 3 rings (SSSR count). The number of rotatable bonds is 4. The molecule has 0 aliphatic carbocycles. The average molecular weight is 340 g/mol. The summed E-state index contributed by atoms with van der Waals surface area (Å²) in [5.41, 5.74) is 1.95. The van der Waals surface area contributed by atoms with Gasteiger partial charge in [-0.25, -0.2) is 0 Å². The third kappa shape index (κ3) is 3.67. The summed E-state index contributed by atoms with van der Waals surface area (Å²) >= 11 is 6.13. The van der Waals surface area contributed by atoms with Crippen LogP contribution in [0.3, 0.4) is 0 Å². The van der Waals surface area contributed by atoms with E-state index in [9.17, 15) is 9.59 Å². The molecule has 1 aliphatic heterocycles. The van der Waals surface area contributed by atoms with Crippen molar-refractivity contribution in [1.29, 1.82) is 0 Å². The van der Waals surface area contributed by atoms with Gasteiger partial charge in [-0.2, -0.15) is 0 Å². The van der Waals surface area contributed by atoms with Crippen molar-refractivity contribution in [2.24, 2.45) is 0 Å². The van der Waals surface area contributed by atoms with Crippen LogP contribution in [0.5, 0.6) is 0 Å². The van der Waals surface area contributed by atoms with Gasteiger partial charge in [-0.05, 0) is 12.1 Å². The number of hydrogen-bond donors (Lipinski definition) is 2. The van der Waals surface area contributed by atoms with E-state index in [1.54, 1.807) is 36.5 Å². The summed E-state index contributed by atoms with van der Waals surface area (Å²) in [6, 6.07) is 16.2. The van der Waals surface area contributed by atoms with Gasteiger partial charge in [0.05, 0.1) is 4.91 Å². The van der Waals surface area contributed by atoms with Gasteiger partial charge in [-0.3, -0.25) is 9.59 Å². The van der Waals surface area contributed by atoms with Crippen LogP contribution in [0.1, 0.15) is 15.9 Å².